The van der Waals surface area contributed by atoms with Crippen LogP contribution in [0.2, 0.25) is 10.0 Å². The van der Waals surface area contributed by atoms with Gasteiger partial charge in [-0.3, -0.25) is 9.59 Å². The van der Waals surface area contributed by atoms with Crippen LogP contribution in [-0.4, -0.2) is 24.6 Å². The van der Waals surface area contributed by atoms with Gasteiger partial charge in [0.15, 0.2) is 0 Å². The molecule has 0 atom stereocenters. The summed E-state index contributed by atoms with van der Waals surface area (Å²) >= 11 is 12.1. The summed E-state index contributed by atoms with van der Waals surface area (Å²) in [6.45, 7) is 1.86. The zero-order chi connectivity index (χ0) is 23.1. The van der Waals surface area contributed by atoms with Crippen molar-refractivity contribution >= 4 is 52.5 Å². The molecule has 9 heteroatoms. The van der Waals surface area contributed by atoms with Gasteiger partial charge >= 0.3 is 6.16 Å². The van der Waals surface area contributed by atoms with Crippen molar-refractivity contribution < 1.29 is 23.9 Å². The molecule has 0 bridgehead atoms. The Labute approximate surface area is 194 Å². The highest BCUT2D eigenvalue weighted by Crippen LogP contribution is 2.26. The molecular weight excluding hydrogens is 455 g/mol. The number of benzene rings is 3. The molecule has 7 nitrogen and oxygen atoms in total. The van der Waals surface area contributed by atoms with E-state index in [1.165, 1.54) is 36.4 Å². The zero-order valence-electron chi connectivity index (χ0n) is 16.9. The van der Waals surface area contributed by atoms with E-state index in [9.17, 15) is 14.4 Å². The third kappa shape index (κ3) is 6.00. The van der Waals surface area contributed by atoms with Crippen molar-refractivity contribution in [3.8, 4) is 5.75 Å². The lowest BCUT2D eigenvalue weighted by Gasteiger charge is -2.13. The fourth-order valence-corrected chi connectivity index (χ4v) is 3.05. The monoisotopic (exact) mass is 472 g/mol. The third-order valence-corrected chi connectivity index (χ3v) is 4.74. The van der Waals surface area contributed by atoms with Crippen LogP contribution in [0.5, 0.6) is 5.75 Å². The van der Waals surface area contributed by atoms with Gasteiger partial charge in [0.2, 0.25) is 0 Å². The fraction of sp³-hybridized carbons (Fsp3) is 0.0870. The number of amides is 2. The second kappa shape index (κ2) is 10.7. The topological polar surface area (TPSA) is 93.7 Å². The van der Waals surface area contributed by atoms with E-state index in [-0.39, 0.29) is 22.9 Å². The molecule has 3 rings (SSSR count). The number of carbonyl (C=O) groups is 3. The maximum absolute atomic E-state index is 12.7. The first-order chi connectivity index (χ1) is 15.4. The Bertz CT molecular complexity index is 1150. The summed E-state index contributed by atoms with van der Waals surface area (Å²) in [5, 5.41) is 6.09. The van der Waals surface area contributed by atoms with Gasteiger partial charge < -0.3 is 20.1 Å². The average molecular weight is 473 g/mol. The lowest BCUT2D eigenvalue weighted by atomic mass is 10.1. The van der Waals surface area contributed by atoms with Crippen molar-refractivity contribution in [2.75, 3.05) is 17.2 Å². The predicted octanol–water partition coefficient (Wildman–Crippen LogP) is 6.03. The van der Waals surface area contributed by atoms with Crippen LogP contribution in [0.4, 0.5) is 16.2 Å². The van der Waals surface area contributed by atoms with E-state index in [1.54, 1.807) is 37.3 Å². The number of rotatable bonds is 6. The van der Waals surface area contributed by atoms with Crippen LogP contribution in [-0.2, 0) is 4.74 Å². The Kier molecular flexibility index (Phi) is 7.70. The van der Waals surface area contributed by atoms with E-state index in [2.05, 4.69) is 10.6 Å². The summed E-state index contributed by atoms with van der Waals surface area (Å²) in [5.74, 6) is -0.652. The largest absolute Gasteiger partial charge is 0.513 e. The highest BCUT2D eigenvalue weighted by molar-refractivity contribution is 6.36. The number of para-hydroxylation sites is 2. The molecule has 0 spiro atoms. The number of hydrogen-bond donors (Lipinski definition) is 2. The van der Waals surface area contributed by atoms with Crippen molar-refractivity contribution in [2.45, 2.75) is 6.92 Å². The van der Waals surface area contributed by atoms with E-state index in [4.69, 9.17) is 32.7 Å². The average Bonchev–Trinajstić information content (AvgIpc) is 2.77. The SMILES string of the molecule is CCOC(=O)Oc1ccc(C(=O)Nc2ccccc2NC(=O)c2cc(Cl)ccc2Cl)cc1. The van der Waals surface area contributed by atoms with E-state index in [0.717, 1.165) is 0 Å². The summed E-state index contributed by atoms with van der Waals surface area (Å²) in [7, 11) is 0. The summed E-state index contributed by atoms with van der Waals surface area (Å²) < 4.78 is 9.67. The smallest absolute Gasteiger partial charge is 0.434 e. The Morgan fingerprint density at radius 2 is 1.47 bits per heavy atom. The van der Waals surface area contributed by atoms with Gasteiger partial charge in [0, 0.05) is 10.6 Å². The first-order valence-corrected chi connectivity index (χ1v) is 10.2. The normalized spacial score (nSPS) is 10.2. The second-order valence-electron chi connectivity index (χ2n) is 6.39. The predicted molar refractivity (Wildman–Crippen MR) is 123 cm³/mol. The Hall–Kier alpha value is -3.55. The van der Waals surface area contributed by atoms with Gasteiger partial charge in [-0.05, 0) is 61.5 Å². The number of halogens is 2. The first kappa shape index (κ1) is 23.1. The number of hydrogen-bond acceptors (Lipinski definition) is 5. The summed E-state index contributed by atoms with van der Waals surface area (Å²) in [4.78, 5) is 36.7. The molecule has 0 aliphatic carbocycles. The minimum absolute atomic E-state index is 0.193. The molecule has 32 heavy (non-hydrogen) atoms. The second-order valence-corrected chi connectivity index (χ2v) is 7.23. The van der Waals surface area contributed by atoms with Gasteiger partial charge in [-0.2, -0.15) is 0 Å². The molecule has 0 unspecified atom stereocenters. The molecule has 0 aliphatic heterocycles. The third-order valence-electron chi connectivity index (χ3n) is 4.18. The molecule has 0 heterocycles. The zero-order valence-corrected chi connectivity index (χ0v) is 18.4. The molecule has 0 aliphatic rings. The Morgan fingerprint density at radius 3 is 2.09 bits per heavy atom. The molecule has 0 fully saturated rings. The van der Waals surface area contributed by atoms with E-state index in [1.807, 2.05) is 0 Å². The highest BCUT2D eigenvalue weighted by Gasteiger charge is 2.15. The maximum atomic E-state index is 12.7. The van der Waals surface area contributed by atoms with Crippen LogP contribution in [0.1, 0.15) is 27.6 Å². The number of anilines is 2. The molecular formula is C23H18Cl2N2O5. The number of carbonyl (C=O) groups excluding carboxylic acids is 3. The summed E-state index contributed by atoms with van der Waals surface area (Å²) in [6, 6.07) is 17.2. The standard InChI is InChI=1S/C23H18Cl2N2O5/c1-2-31-23(30)32-16-10-7-14(8-11-16)21(28)26-19-5-3-4-6-20(19)27-22(29)17-13-15(24)9-12-18(17)25/h3-13H,2H2,1H3,(H,26,28)(H,27,29). The molecule has 2 N–H and O–H groups in total. The van der Waals surface area contributed by atoms with Gasteiger partial charge in [0.25, 0.3) is 11.8 Å². The first-order valence-electron chi connectivity index (χ1n) is 9.49. The van der Waals surface area contributed by atoms with Crippen LogP contribution in [0.3, 0.4) is 0 Å². The van der Waals surface area contributed by atoms with Gasteiger partial charge in [0.05, 0.1) is 28.6 Å². The minimum atomic E-state index is -0.825. The quantitative estimate of drug-likeness (QED) is 0.337. The van der Waals surface area contributed by atoms with E-state index >= 15 is 0 Å². The highest BCUT2D eigenvalue weighted by atomic mass is 35.5. The van der Waals surface area contributed by atoms with Crippen molar-refractivity contribution in [1.29, 1.82) is 0 Å². The van der Waals surface area contributed by atoms with Gasteiger partial charge in [-0.15, -0.1) is 0 Å². The molecule has 0 aromatic heterocycles. The number of ether oxygens (including phenoxy) is 2. The van der Waals surface area contributed by atoms with Gasteiger partial charge in [0.1, 0.15) is 5.75 Å². The Balaban J connectivity index is 1.72. The molecule has 0 saturated heterocycles. The molecule has 3 aromatic rings. The van der Waals surface area contributed by atoms with Crippen molar-refractivity contribution in [3.63, 3.8) is 0 Å². The van der Waals surface area contributed by atoms with Crippen molar-refractivity contribution in [1.82, 2.24) is 0 Å². The molecule has 0 radical (unpaired) electrons. The Morgan fingerprint density at radius 1 is 0.844 bits per heavy atom. The van der Waals surface area contributed by atoms with Gasteiger partial charge in [-0.1, -0.05) is 35.3 Å². The lowest BCUT2D eigenvalue weighted by Crippen LogP contribution is -2.17. The summed E-state index contributed by atoms with van der Waals surface area (Å²) in [6.07, 6.45) is -0.825. The van der Waals surface area contributed by atoms with Crippen LogP contribution in [0.25, 0.3) is 0 Å². The van der Waals surface area contributed by atoms with Crippen LogP contribution >= 0.6 is 23.2 Å². The summed E-state index contributed by atoms with van der Waals surface area (Å²) in [5.41, 5.74) is 1.29. The van der Waals surface area contributed by atoms with Crippen LogP contribution in [0.15, 0.2) is 66.7 Å². The van der Waals surface area contributed by atoms with Crippen molar-refractivity contribution in [2.24, 2.45) is 0 Å². The molecule has 164 valence electrons. The number of nitrogens with one attached hydrogen (secondary N) is 2. The maximum Gasteiger partial charge on any atom is 0.513 e. The molecule has 0 saturated carbocycles. The van der Waals surface area contributed by atoms with Crippen LogP contribution in [0, 0.1) is 0 Å². The van der Waals surface area contributed by atoms with Crippen molar-refractivity contribution in [3.05, 3.63) is 87.9 Å². The molecule has 3 aromatic carbocycles. The van der Waals surface area contributed by atoms with E-state index in [0.29, 0.717) is 22.0 Å². The fourth-order valence-electron chi connectivity index (χ4n) is 2.67. The van der Waals surface area contributed by atoms with E-state index < -0.39 is 18.0 Å². The lowest BCUT2D eigenvalue weighted by molar-refractivity contribution is 0.101. The van der Waals surface area contributed by atoms with Crippen LogP contribution < -0.4 is 15.4 Å². The van der Waals surface area contributed by atoms with Gasteiger partial charge in [-0.25, -0.2) is 4.79 Å². The minimum Gasteiger partial charge on any atom is -0.434 e. The molecule has 2 amide bonds.